The summed E-state index contributed by atoms with van der Waals surface area (Å²) in [5.41, 5.74) is 5.34. The van der Waals surface area contributed by atoms with Gasteiger partial charge in [-0.2, -0.15) is 16.8 Å². The maximum Gasteiger partial charge on any atom is 0.266 e. The largest absolute Gasteiger partial charge is 0.330 e. The first-order chi connectivity index (χ1) is 9.64. The summed E-state index contributed by atoms with van der Waals surface area (Å²) < 4.78 is 60.3. The molecule has 0 heterocycles. The Hall–Kier alpha value is -0.300. The highest BCUT2D eigenvalue weighted by Crippen LogP contribution is 1.96. The molecule has 0 rings (SSSR count). The Morgan fingerprint density at radius 3 is 1.76 bits per heavy atom. The number of nitrogens with two attached hydrogens (primary N) is 1. The monoisotopic (exact) mass is 347 g/mol. The van der Waals surface area contributed by atoms with Crippen molar-refractivity contribution in [2.24, 2.45) is 5.73 Å². The quantitative estimate of drug-likeness (QED) is 0.228. The van der Waals surface area contributed by atoms with Gasteiger partial charge in [0.15, 0.2) is 0 Å². The molecule has 0 saturated carbocycles. The zero-order valence-corrected chi connectivity index (χ0v) is 13.6. The second-order valence-electron chi connectivity index (χ2n) is 4.66. The van der Waals surface area contributed by atoms with Crippen molar-refractivity contribution >= 4 is 20.2 Å². The van der Waals surface area contributed by atoms with Gasteiger partial charge in [0.1, 0.15) is 0 Å². The Kier molecular flexibility index (Phi) is 10.3. The average molecular weight is 347 g/mol. The molecule has 0 spiro atoms. The van der Waals surface area contributed by atoms with Crippen LogP contribution in [0.2, 0.25) is 0 Å². The molecule has 0 unspecified atom stereocenters. The van der Waals surface area contributed by atoms with Gasteiger partial charge in [-0.25, -0.2) is 0 Å². The number of nitrogens with zero attached hydrogens (tertiary/aromatic N) is 1. The van der Waals surface area contributed by atoms with Crippen LogP contribution in [-0.4, -0.2) is 81.6 Å². The zero-order chi connectivity index (χ0) is 16.4. The van der Waals surface area contributed by atoms with Crippen LogP contribution in [0.1, 0.15) is 12.8 Å². The van der Waals surface area contributed by atoms with E-state index in [4.69, 9.17) is 14.8 Å². The lowest BCUT2D eigenvalue weighted by molar-refractivity contribution is 0.294. The molecule has 11 heteroatoms. The lowest BCUT2D eigenvalue weighted by Crippen LogP contribution is -2.35. The first-order valence-corrected chi connectivity index (χ1v) is 9.89. The van der Waals surface area contributed by atoms with E-state index in [1.165, 1.54) is 0 Å². The van der Waals surface area contributed by atoms with Crippen molar-refractivity contribution in [2.45, 2.75) is 12.8 Å². The van der Waals surface area contributed by atoms with Crippen LogP contribution in [0.4, 0.5) is 0 Å². The predicted molar refractivity (Wildman–Crippen MR) is 80.4 cm³/mol. The highest BCUT2D eigenvalue weighted by Gasteiger charge is 2.13. The Morgan fingerprint density at radius 1 is 0.857 bits per heavy atom. The molecule has 0 bridgehead atoms. The fraction of sp³-hybridized carbons (Fsp3) is 1.00. The van der Waals surface area contributed by atoms with E-state index < -0.39 is 31.7 Å². The summed E-state index contributed by atoms with van der Waals surface area (Å²) in [4.78, 5) is 1.58. The van der Waals surface area contributed by atoms with Gasteiger partial charge in [0.25, 0.3) is 20.2 Å². The maximum absolute atomic E-state index is 10.7. The normalized spacial score (nSPS) is 13.0. The van der Waals surface area contributed by atoms with Gasteiger partial charge in [-0.1, -0.05) is 0 Å². The minimum Gasteiger partial charge on any atom is -0.330 e. The molecule has 0 fully saturated rings. The standard InChI is InChI=1S/C10H25N3O6S2/c11-3-1-4-12-5-2-6-13(7-9-20(14,15)16)8-10-21(17,18)19/h12H,1-11H2,(H,14,15,16)(H,17,18,19). The number of hydrogen-bond donors (Lipinski definition) is 4. The van der Waals surface area contributed by atoms with E-state index in [9.17, 15) is 16.8 Å². The third kappa shape index (κ3) is 15.9. The Bertz CT molecular complexity index is 429. The highest BCUT2D eigenvalue weighted by atomic mass is 32.2. The molecule has 128 valence electrons. The van der Waals surface area contributed by atoms with Crippen LogP contribution >= 0.6 is 0 Å². The topological polar surface area (TPSA) is 150 Å². The van der Waals surface area contributed by atoms with E-state index in [-0.39, 0.29) is 13.1 Å². The summed E-state index contributed by atoms with van der Waals surface area (Å²) in [6.45, 7) is 2.55. The molecule has 0 saturated heterocycles. The molecular formula is C10H25N3O6S2. The molecule has 0 aromatic rings. The molecule has 0 aromatic heterocycles. The van der Waals surface area contributed by atoms with Crippen molar-refractivity contribution in [1.29, 1.82) is 0 Å². The minimum atomic E-state index is -4.10. The highest BCUT2D eigenvalue weighted by molar-refractivity contribution is 7.86. The summed E-state index contributed by atoms with van der Waals surface area (Å²) in [5, 5.41) is 3.14. The lowest BCUT2D eigenvalue weighted by atomic mass is 10.3. The fourth-order valence-corrected chi connectivity index (χ4v) is 2.58. The second kappa shape index (κ2) is 10.4. The van der Waals surface area contributed by atoms with Gasteiger partial charge in [0, 0.05) is 13.1 Å². The van der Waals surface area contributed by atoms with Gasteiger partial charge in [0.05, 0.1) is 11.5 Å². The van der Waals surface area contributed by atoms with E-state index in [1.54, 1.807) is 4.90 Å². The van der Waals surface area contributed by atoms with E-state index in [2.05, 4.69) is 5.32 Å². The average Bonchev–Trinajstić information content (AvgIpc) is 2.33. The number of rotatable bonds is 13. The van der Waals surface area contributed by atoms with Gasteiger partial charge in [-0.15, -0.1) is 0 Å². The second-order valence-corrected chi connectivity index (χ2v) is 7.80. The van der Waals surface area contributed by atoms with Crippen molar-refractivity contribution in [2.75, 3.05) is 50.8 Å². The fourth-order valence-electron chi connectivity index (χ4n) is 1.60. The maximum atomic E-state index is 10.7. The molecule has 21 heavy (non-hydrogen) atoms. The summed E-state index contributed by atoms with van der Waals surface area (Å²) in [6.07, 6.45) is 1.54. The summed E-state index contributed by atoms with van der Waals surface area (Å²) >= 11 is 0. The van der Waals surface area contributed by atoms with E-state index in [1.807, 2.05) is 0 Å². The number of nitrogens with one attached hydrogen (secondary N) is 1. The predicted octanol–water partition coefficient (Wildman–Crippen LogP) is -1.61. The molecule has 9 nitrogen and oxygen atoms in total. The first kappa shape index (κ1) is 20.7. The third-order valence-corrected chi connectivity index (χ3v) is 4.11. The van der Waals surface area contributed by atoms with Crippen LogP contribution in [0.25, 0.3) is 0 Å². The van der Waals surface area contributed by atoms with E-state index >= 15 is 0 Å². The van der Waals surface area contributed by atoms with E-state index in [0.717, 1.165) is 13.0 Å². The zero-order valence-electron chi connectivity index (χ0n) is 11.9. The van der Waals surface area contributed by atoms with Gasteiger partial charge < -0.3 is 16.0 Å². The van der Waals surface area contributed by atoms with Gasteiger partial charge in [0.2, 0.25) is 0 Å². The Labute approximate surface area is 126 Å². The van der Waals surface area contributed by atoms with Crippen molar-refractivity contribution in [1.82, 2.24) is 10.2 Å². The van der Waals surface area contributed by atoms with Crippen LogP contribution in [0, 0.1) is 0 Å². The lowest BCUT2D eigenvalue weighted by Gasteiger charge is -2.21. The Morgan fingerprint density at radius 2 is 1.33 bits per heavy atom. The van der Waals surface area contributed by atoms with Crippen LogP contribution in [0.5, 0.6) is 0 Å². The summed E-state index contributed by atoms with van der Waals surface area (Å²) in [5.74, 6) is -0.946. The summed E-state index contributed by atoms with van der Waals surface area (Å²) in [7, 11) is -8.20. The van der Waals surface area contributed by atoms with Crippen LogP contribution in [-0.2, 0) is 20.2 Å². The third-order valence-electron chi connectivity index (χ3n) is 2.72. The molecule has 0 radical (unpaired) electrons. The Balaban J connectivity index is 4.12. The minimum absolute atomic E-state index is 0.0111. The van der Waals surface area contributed by atoms with E-state index in [0.29, 0.717) is 26.1 Å². The SMILES string of the molecule is NCCCNCCCN(CCS(=O)(=O)O)CCS(=O)(=O)O. The molecule has 0 aliphatic carbocycles. The molecule has 0 atom stereocenters. The van der Waals surface area contributed by atoms with Crippen LogP contribution in [0.3, 0.4) is 0 Å². The van der Waals surface area contributed by atoms with Crippen LogP contribution in [0.15, 0.2) is 0 Å². The van der Waals surface area contributed by atoms with Crippen molar-refractivity contribution in [3.63, 3.8) is 0 Å². The molecule has 0 aliphatic rings. The first-order valence-electron chi connectivity index (χ1n) is 6.67. The van der Waals surface area contributed by atoms with Crippen LogP contribution < -0.4 is 11.1 Å². The van der Waals surface area contributed by atoms with Gasteiger partial charge in [-0.3, -0.25) is 9.11 Å². The van der Waals surface area contributed by atoms with Gasteiger partial charge in [-0.05, 0) is 39.0 Å². The van der Waals surface area contributed by atoms with Crippen molar-refractivity contribution < 1.29 is 25.9 Å². The number of hydrogen-bond acceptors (Lipinski definition) is 7. The van der Waals surface area contributed by atoms with Gasteiger partial charge >= 0.3 is 0 Å². The molecule has 0 aliphatic heterocycles. The summed E-state index contributed by atoms with van der Waals surface area (Å²) in [6, 6.07) is 0. The molecule has 5 N–H and O–H groups in total. The van der Waals surface area contributed by atoms with Crippen molar-refractivity contribution in [3.8, 4) is 0 Å². The molecule has 0 amide bonds. The smallest absolute Gasteiger partial charge is 0.266 e. The molecule has 0 aromatic carbocycles. The molecular weight excluding hydrogens is 322 g/mol. The van der Waals surface area contributed by atoms with Crippen molar-refractivity contribution in [3.05, 3.63) is 0 Å².